The smallest absolute Gasteiger partial charge is 0.407 e. The van der Waals surface area contributed by atoms with Gasteiger partial charge in [0.25, 0.3) is 0 Å². The van der Waals surface area contributed by atoms with Crippen LogP contribution in [0.15, 0.2) is 30.3 Å². The van der Waals surface area contributed by atoms with E-state index in [1.807, 2.05) is 30.3 Å². The van der Waals surface area contributed by atoms with Gasteiger partial charge in [0.05, 0.1) is 6.04 Å². The minimum absolute atomic E-state index is 0.208. The number of rotatable bonds is 10. The Morgan fingerprint density at radius 2 is 1.84 bits per heavy atom. The van der Waals surface area contributed by atoms with E-state index in [2.05, 4.69) is 10.6 Å². The van der Waals surface area contributed by atoms with E-state index in [0.29, 0.717) is 25.8 Å². The van der Waals surface area contributed by atoms with Crippen LogP contribution in [0.3, 0.4) is 0 Å². The molecule has 0 unspecified atom stereocenters. The summed E-state index contributed by atoms with van der Waals surface area (Å²) < 4.78 is 5.08. The van der Waals surface area contributed by atoms with Crippen LogP contribution in [0, 0.1) is 0 Å². The molecule has 0 aliphatic carbocycles. The minimum Gasteiger partial charge on any atom is -0.445 e. The molecule has 1 aromatic carbocycles. The summed E-state index contributed by atoms with van der Waals surface area (Å²) in [4.78, 5) is 34.4. The molecule has 0 saturated heterocycles. The fourth-order valence-corrected chi connectivity index (χ4v) is 2.03. The summed E-state index contributed by atoms with van der Waals surface area (Å²) in [5.41, 5.74) is 11.6. The first-order valence-corrected chi connectivity index (χ1v) is 8.20. The quantitative estimate of drug-likeness (QED) is 0.453. The van der Waals surface area contributed by atoms with Crippen molar-refractivity contribution in [2.75, 3.05) is 6.54 Å². The first kappa shape index (κ1) is 20.4. The molecule has 6 N–H and O–H groups in total. The molecule has 0 fully saturated rings. The first-order valence-electron chi connectivity index (χ1n) is 8.20. The summed E-state index contributed by atoms with van der Waals surface area (Å²) in [6.45, 7) is 2.14. The SMILES string of the molecule is C[C@H](N)C(=O)N[C@@H](CCCCNC(=O)OCc1ccccc1)C(N)=O. The van der Waals surface area contributed by atoms with Crippen LogP contribution in [-0.2, 0) is 20.9 Å². The van der Waals surface area contributed by atoms with Crippen molar-refractivity contribution < 1.29 is 19.1 Å². The van der Waals surface area contributed by atoms with Crippen molar-refractivity contribution >= 4 is 17.9 Å². The Labute approximate surface area is 147 Å². The molecule has 8 nitrogen and oxygen atoms in total. The number of alkyl carbamates (subject to hydrolysis) is 1. The van der Waals surface area contributed by atoms with Crippen molar-refractivity contribution in [2.24, 2.45) is 11.5 Å². The lowest BCUT2D eigenvalue weighted by Gasteiger charge is -2.16. The predicted octanol–water partition coefficient (Wildman–Crippen LogP) is 0.400. The molecule has 0 heterocycles. The number of carbonyl (C=O) groups is 3. The normalized spacial score (nSPS) is 12.7. The lowest BCUT2D eigenvalue weighted by Crippen LogP contribution is -2.49. The van der Waals surface area contributed by atoms with Crippen molar-refractivity contribution in [3.05, 3.63) is 35.9 Å². The van der Waals surface area contributed by atoms with Gasteiger partial charge in [0, 0.05) is 6.54 Å². The topological polar surface area (TPSA) is 137 Å². The van der Waals surface area contributed by atoms with Gasteiger partial charge in [0.2, 0.25) is 11.8 Å². The fraction of sp³-hybridized carbons (Fsp3) is 0.471. The maximum Gasteiger partial charge on any atom is 0.407 e. The van der Waals surface area contributed by atoms with Crippen molar-refractivity contribution in [3.8, 4) is 0 Å². The number of hydrogen-bond acceptors (Lipinski definition) is 5. The Kier molecular flexibility index (Phi) is 9.02. The van der Waals surface area contributed by atoms with Gasteiger partial charge in [-0.3, -0.25) is 9.59 Å². The second-order valence-electron chi connectivity index (χ2n) is 5.74. The number of hydrogen-bond donors (Lipinski definition) is 4. The molecule has 0 aliphatic rings. The maximum absolute atomic E-state index is 11.6. The molecule has 2 atom stereocenters. The molecule has 3 amide bonds. The van der Waals surface area contributed by atoms with E-state index in [4.69, 9.17) is 16.2 Å². The third kappa shape index (κ3) is 8.71. The van der Waals surface area contributed by atoms with E-state index in [0.717, 1.165) is 5.56 Å². The van der Waals surface area contributed by atoms with Crippen molar-refractivity contribution in [2.45, 2.75) is 44.9 Å². The van der Waals surface area contributed by atoms with Crippen LogP contribution in [0.25, 0.3) is 0 Å². The zero-order chi connectivity index (χ0) is 18.7. The highest BCUT2D eigenvalue weighted by Gasteiger charge is 2.19. The molecule has 0 radical (unpaired) electrons. The van der Waals surface area contributed by atoms with Crippen LogP contribution < -0.4 is 22.1 Å². The molecule has 1 aromatic rings. The summed E-state index contributed by atoms with van der Waals surface area (Å²) in [7, 11) is 0. The highest BCUT2D eigenvalue weighted by molar-refractivity contribution is 5.88. The number of unbranched alkanes of at least 4 members (excludes halogenated alkanes) is 1. The lowest BCUT2D eigenvalue weighted by molar-refractivity contribution is -0.128. The van der Waals surface area contributed by atoms with Gasteiger partial charge in [0.15, 0.2) is 0 Å². The molecular formula is C17H26N4O4. The zero-order valence-corrected chi connectivity index (χ0v) is 14.4. The second-order valence-corrected chi connectivity index (χ2v) is 5.74. The Morgan fingerprint density at radius 3 is 2.44 bits per heavy atom. The average molecular weight is 350 g/mol. The fourth-order valence-electron chi connectivity index (χ4n) is 2.03. The molecule has 0 saturated carbocycles. The van der Waals surface area contributed by atoms with E-state index in [1.54, 1.807) is 0 Å². The van der Waals surface area contributed by atoms with Crippen LogP contribution in [0.2, 0.25) is 0 Å². The van der Waals surface area contributed by atoms with Crippen molar-refractivity contribution in [3.63, 3.8) is 0 Å². The van der Waals surface area contributed by atoms with Gasteiger partial charge < -0.3 is 26.8 Å². The number of carbonyl (C=O) groups excluding carboxylic acids is 3. The molecule has 0 aromatic heterocycles. The maximum atomic E-state index is 11.6. The third-order valence-corrected chi connectivity index (χ3v) is 3.48. The van der Waals surface area contributed by atoms with E-state index < -0.39 is 30.0 Å². The largest absolute Gasteiger partial charge is 0.445 e. The molecule has 8 heteroatoms. The predicted molar refractivity (Wildman–Crippen MR) is 93.3 cm³/mol. The van der Waals surface area contributed by atoms with Gasteiger partial charge in [-0.2, -0.15) is 0 Å². The number of nitrogens with one attached hydrogen (secondary N) is 2. The van der Waals surface area contributed by atoms with Gasteiger partial charge in [-0.15, -0.1) is 0 Å². The van der Waals surface area contributed by atoms with E-state index >= 15 is 0 Å². The van der Waals surface area contributed by atoms with Gasteiger partial charge in [-0.05, 0) is 31.7 Å². The van der Waals surface area contributed by atoms with Crippen LogP contribution >= 0.6 is 0 Å². The van der Waals surface area contributed by atoms with Gasteiger partial charge in [-0.25, -0.2) is 4.79 Å². The van der Waals surface area contributed by atoms with Crippen LogP contribution in [0.4, 0.5) is 4.79 Å². The van der Waals surface area contributed by atoms with Gasteiger partial charge in [0.1, 0.15) is 12.6 Å². The van der Waals surface area contributed by atoms with Crippen LogP contribution in [0.1, 0.15) is 31.7 Å². The zero-order valence-electron chi connectivity index (χ0n) is 14.4. The second kappa shape index (κ2) is 11.0. The van der Waals surface area contributed by atoms with E-state index in [-0.39, 0.29) is 6.61 Å². The van der Waals surface area contributed by atoms with Crippen LogP contribution in [-0.4, -0.2) is 36.5 Å². The van der Waals surface area contributed by atoms with Crippen LogP contribution in [0.5, 0.6) is 0 Å². The molecule has 0 spiro atoms. The number of primary amides is 1. The summed E-state index contributed by atoms with van der Waals surface area (Å²) >= 11 is 0. The molecule has 25 heavy (non-hydrogen) atoms. The van der Waals surface area contributed by atoms with Crippen molar-refractivity contribution in [1.82, 2.24) is 10.6 Å². The third-order valence-electron chi connectivity index (χ3n) is 3.48. The Bertz CT molecular complexity index is 563. The molecular weight excluding hydrogens is 324 g/mol. The molecule has 138 valence electrons. The minimum atomic E-state index is -0.761. The summed E-state index contributed by atoms with van der Waals surface area (Å²) in [5.74, 6) is -1.03. The Hall–Kier alpha value is -2.61. The van der Waals surface area contributed by atoms with Gasteiger partial charge in [-0.1, -0.05) is 30.3 Å². The average Bonchev–Trinajstić information content (AvgIpc) is 2.59. The van der Waals surface area contributed by atoms with E-state index in [1.165, 1.54) is 6.92 Å². The molecule has 1 rings (SSSR count). The highest BCUT2D eigenvalue weighted by Crippen LogP contribution is 2.02. The summed E-state index contributed by atoms with van der Waals surface area (Å²) in [6.07, 6.45) is 1.11. The lowest BCUT2D eigenvalue weighted by atomic mass is 10.1. The summed E-state index contributed by atoms with van der Waals surface area (Å²) in [5, 5.41) is 5.13. The molecule has 0 bridgehead atoms. The first-order chi connectivity index (χ1) is 11.9. The number of nitrogens with two attached hydrogens (primary N) is 2. The summed E-state index contributed by atoms with van der Waals surface area (Å²) in [6, 6.07) is 7.90. The monoisotopic (exact) mass is 350 g/mol. The number of ether oxygens (including phenoxy) is 1. The number of benzene rings is 1. The Balaban J connectivity index is 2.17. The molecule has 0 aliphatic heterocycles. The number of amides is 3. The van der Waals surface area contributed by atoms with Gasteiger partial charge >= 0.3 is 6.09 Å². The van der Waals surface area contributed by atoms with E-state index in [9.17, 15) is 14.4 Å². The standard InChI is InChI=1S/C17H26N4O4/c1-12(18)16(23)21-14(15(19)22)9-5-6-10-20-17(24)25-11-13-7-3-2-4-8-13/h2-4,7-8,12,14H,5-6,9-11,18H2,1H3,(H2,19,22)(H,20,24)(H,21,23)/t12-,14-/m0/s1. The Morgan fingerprint density at radius 1 is 1.16 bits per heavy atom. The van der Waals surface area contributed by atoms with Crippen molar-refractivity contribution in [1.29, 1.82) is 0 Å². The highest BCUT2D eigenvalue weighted by atomic mass is 16.5.